The number of hydrogen-bond donors (Lipinski definition) is 2. The van der Waals surface area contributed by atoms with E-state index >= 15 is 0 Å². The number of benzene rings is 1. The Morgan fingerprint density at radius 2 is 2.06 bits per heavy atom. The van der Waals surface area contributed by atoms with Crippen molar-refractivity contribution in [3.8, 4) is 11.5 Å². The molecule has 1 aromatic rings. The predicted molar refractivity (Wildman–Crippen MR) is 50.3 cm³/mol. The van der Waals surface area contributed by atoms with E-state index in [1.165, 1.54) is 0 Å². The maximum absolute atomic E-state index is 13.2. The van der Waals surface area contributed by atoms with Crippen LogP contribution in [-0.2, 0) is 4.74 Å². The molecule has 6 heteroatoms. The van der Waals surface area contributed by atoms with Crippen LogP contribution in [0.25, 0.3) is 0 Å². The number of esters is 1. The number of aromatic hydroxyl groups is 2. The van der Waals surface area contributed by atoms with Crippen molar-refractivity contribution in [2.45, 2.75) is 13.3 Å². The minimum Gasteiger partial charge on any atom is -0.504 e. The normalized spacial score (nSPS) is 10.2. The fraction of sp³-hybridized carbons (Fsp3) is 0.300. The van der Waals surface area contributed by atoms with E-state index in [2.05, 4.69) is 4.74 Å². The SMILES string of the molecule is CCCOC(=O)c1c(O)c(O)cc(F)c1F. The van der Waals surface area contributed by atoms with Crippen LogP contribution in [-0.4, -0.2) is 22.8 Å². The van der Waals surface area contributed by atoms with E-state index < -0.39 is 34.7 Å². The molecule has 0 aliphatic heterocycles. The summed E-state index contributed by atoms with van der Waals surface area (Å²) < 4.78 is 30.6. The molecule has 16 heavy (non-hydrogen) atoms. The lowest BCUT2D eigenvalue weighted by Gasteiger charge is -2.08. The highest BCUT2D eigenvalue weighted by molar-refractivity contribution is 5.93. The minimum atomic E-state index is -1.54. The molecular formula is C10H10F2O4. The van der Waals surface area contributed by atoms with Crippen molar-refractivity contribution in [2.75, 3.05) is 6.61 Å². The van der Waals surface area contributed by atoms with E-state index in [1.807, 2.05) is 0 Å². The Morgan fingerprint density at radius 3 is 2.62 bits per heavy atom. The van der Waals surface area contributed by atoms with Crippen LogP contribution in [0, 0.1) is 11.6 Å². The summed E-state index contributed by atoms with van der Waals surface area (Å²) in [5, 5.41) is 18.2. The summed E-state index contributed by atoms with van der Waals surface area (Å²) in [7, 11) is 0. The summed E-state index contributed by atoms with van der Waals surface area (Å²) in [6.45, 7) is 1.72. The molecule has 0 aromatic heterocycles. The third-order valence-corrected chi connectivity index (χ3v) is 1.81. The molecule has 0 saturated heterocycles. The zero-order chi connectivity index (χ0) is 12.3. The van der Waals surface area contributed by atoms with Crippen molar-refractivity contribution >= 4 is 5.97 Å². The quantitative estimate of drug-likeness (QED) is 0.617. The lowest BCUT2D eigenvalue weighted by molar-refractivity contribution is 0.0494. The van der Waals surface area contributed by atoms with Gasteiger partial charge in [-0.25, -0.2) is 13.6 Å². The number of carbonyl (C=O) groups is 1. The largest absolute Gasteiger partial charge is 0.504 e. The van der Waals surface area contributed by atoms with Crippen LogP contribution in [0.1, 0.15) is 23.7 Å². The molecule has 0 saturated carbocycles. The molecule has 0 radical (unpaired) electrons. The number of ether oxygens (including phenoxy) is 1. The second-order valence-electron chi connectivity index (χ2n) is 3.05. The summed E-state index contributed by atoms with van der Waals surface area (Å²) in [6.07, 6.45) is 0.495. The van der Waals surface area contributed by atoms with Crippen LogP contribution < -0.4 is 0 Å². The summed E-state index contributed by atoms with van der Waals surface area (Å²) in [5.41, 5.74) is -0.994. The van der Waals surface area contributed by atoms with Gasteiger partial charge in [-0.2, -0.15) is 0 Å². The van der Waals surface area contributed by atoms with E-state index in [-0.39, 0.29) is 6.61 Å². The fourth-order valence-corrected chi connectivity index (χ4v) is 1.06. The van der Waals surface area contributed by atoms with Crippen LogP contribution in [0.3, 0.4) is 0 Å². The molecular weight excluding hydrogens is 222 g/mol. The Hall–Kier alpha value is -1.85. The molecule has 4 nitrogen and oxygen atoms in total. The molecule has 0 atom stereocenters. The third kappa shape index (κ3) is 2.21. The topological polar surface area (TPSA) is 66.8 Å². The van der Waals surface area contributed by atoms with Crippen molar-refractivity contribution < 1.29 is 28.5 Å². The second-order valence-corrected chi connectivity index (χ2v) is 3.05. The van der Waals surface area contributed by atoms with Gasteiger partial charge in [0.1, 0.15) is 5.56 Å². The Bertz CT molecular complexity index is 392. The summed E-state index contributed by atoms with van der Waals surface area (Å²) in [5.74, 6) is -6.14. The van der Waals surface area contributed by atoms with Gasteiger partial charge in [0.25, 0.3) is 0 Å². The van der Waals surface area contributed by atoms with Crippen LogP contribution in [0.2, 0.25) is 0 Å². The second kappa shape index (κ2) is 4.78. The van der Waals surface area contributed by atoms with Gasteiger partial charge in [-0.3, -0.25) is 0 Å². The zero-order valence-electron chi connectivity index (χ0n) is 8.46. The van der Waals surface area contributed by atoms with E-state index in [9.17, 15) is 18.7 Å². The van der Waals surface area contributed by atoms with Crippen LogP contribution >= 0.6 is 0 Å². The smallest absolute Gasteiger partial charge is 0.345 e. The molecule has 0 heterocycles. The molecule has 0 fully saturated rings. The first kappa shape index (κ1) is 12.2. The number of hydrogen-bond acceptors (Lipinski definition) is 4. The third-order valence-electron chi connectivity index (χ3n) is 1.81. The van der Waals surface area contributed by atoms with Crippen LogP contribution in [0.4, 0.5) is 8.78 Å². The van der Waals surface area contributed by atoms with Crippen molar-refractivity contribution in [2.24, 2.45) is 0 Å². The van der Waals surface area contributed by atoms with Gasteiger partial charge in [-0.1, -0.05) is 6.92 Å². The number of halogens is 2. The van der Waals surface area contributed by atoms with E-state index in [0.29, 0.717) is 12.5 Å². The van der Waals surface area contributed by atoms with E-state index in [1.54, 1.807) is 6.92 Å². The standard InChI is InChI=1S/C10H10F2O4/c1-2-3-16-10(15)7-8(12)5(11)4-6(13)9(7)14/h4,13-14H,2-3H2,1H3. The zero-order valence-corrected chi connectivity index (χ0v) is 8.46. The maximum atomic E-state index is 13.2. The Labute approximate surface area is 90.1 Å². The maximum Gasteiger partial charge on any atom is 0.345 e. The lowest BCUT2D eigenvalue weighted by Crippen LogP contribution is -2.10. The summed E-state index contributed by atoms with van der Waals surface area (Å²) in [6, 6.07) is 0.376. The number of phenols is 2. The first-order valence-corrected chi connectivity index (χ1v) is 4.56. The average Bonchev–Trinajstić information content (AvgIpc) is 2.24. The molecule has 0 aliphatic rings. The highest BCUT2D eigenvalue weighted by atomic mass is 19.2. The van der Waals surface area contributed by atoms with Gasteiger partial charge in [0.05, 0.1) is 6.61 Å². The predicted octanol–water partition coefficient (Wildman–Crippen LogP) is 1.94. The van der Waals surface area contributed by atoms with Crippen molar-refractivity contribution in [1.29, 1.82) is 0 Å². The van der Waals surface area contributed by atoms with Crippen molar-refractivity contribution in [1.82, 2.24) is 0 Å². The molecule has 0 bridgehead atoms. The molecule has 0 unspecified atom stereocenters. The van der Waals surface area contributed by atoms with Gasteiger partial charge >= 0.3 is 5.97 Å². The van der Waals surface area contributed by atoms with Gasteiger partial charge in [0, 0.05) is 6.07 Å². The Morgan fingerprint density at radius 1 is 1.44 bits per heavy atom. The van der Waals surface area contributed by atoms with Gasteiger partial charge in [-0.05, 0) is 6.42 Å². The monoisotopic (exact) mass is 232 g/mol. The lowest BCUT2D eigenvalue weighted by atomic mass is 10.1. The van der Waals surface area contributed by atoms with E-state index in [0.717, 1.165) is 0 Å². The molecule has 2 N–H and O–H groups in total. The van der Waals surface area contributed by atoms with Crippen LogP contribution in [0.5, 0.6) is 11.5 Å². The fourth-order valence-electron chi connectivity index (χ4n) is 1.06. The Kier molecular flexibility index (Phi) is 3.65. The number of carbonyl (C=O) groups excluding carboxylic acids is 1. The van der Waals surface area contributed by atoms with Crippen molar-refractivity contribution in [3.05, 3.63) is 23.3 Å². The molecule has 0 spiro atoms. The van der Waals surface area contributed by atoms with Crippen LogP contribution in [0.15, 0.2) is 6.07 Å². The highest BCUT2D eigenvalue weighted by Gasteiger charge is 2.24. The minimum absolute atomic E-state index is 0.00892. The van der Waals surface area contributed by atoms with Gasteiger partial charge in [-0.15, -0.1) is 0 Å². The molecule has 0 aliphatic carbocycles. The van der Waals surface area contributed by atoms with Crippen molar-refractivity contribution in [3.63, 3.8) is 0 Å². The number of phenolic OH excluding ortho intramolecular Hbond substituents is 2. The Balaban J connectivity index is 3.16. The molecule has 1 rings (SSSR count). The number of rotatable bonds is 3. The van der Waals surface area contributed by atoms with Gasteiger partial charge < -0.3 is 14.9 Å². The van der Waals surface area contributed by atoms with Gasteiger partial charge in [0.15, 0.2) is 23.1 Å². The first-order chi connectivity index (χ1) is 7.49. The first-order valence-electron chi connectivity index (χ1n) is 4.56. The van der Waals surface area contributed by atoms with E-state index in [4.69, 9.17) is 5.11 Å². The molecule has 88 valence electrons. The summed E-state index contributed by atoms with van der Waals surface area (Å²) >= 11 is 0. The average molecular weight is 232 g/mol. The molecule has 0 amide bonds. The summed E-state index contributed by atoms with van der Waals surface area (Å²) in [4.78, 5) is 11.2. The van der Waals surface area contributed by atoms with Gasteiger partial charge in [0.2, 0.25) is 0 Å². The molecule has 1 aromatic carbocycles. The highest BCUT2D eigenvalue weighted by Crippen LogP contribution is 2.33.